The fraction of sp³-hybridized carbons (Fsp3) is 0.417. The highest BCUT2D eigenvalue weighted by atomic mass is 79.9. The number of nitrogens with one attached hydrogen (secondary N) is 1. The lowest BCUT2D eigenvalue weighted by Gasteiger charge is -2.19. The standard InChI is InChI=1S/C12H16BrClN2O3/c13-9-1-2-11(10(14)7-9)15-12(19)8-16(3-5-17)4-6-18/h1-2,7,17-18H,3-6,8H2,(H,15,19). The lowest BCUT2D eigenvalue weighted by Crippen LogP contribution is -2.37. The zero-order valence-electron chi connectivity index (χ0n) is 10.3. The minimum Gasteiger partial charge on any atom is -0.395 e. The number of rotatable bonds is 7. The molecular formula is C12H16BrClN2O3. The van der Waals surface area contributed by atoms with E-state index in [0.29, 0.717) is 23.8 Å². The van der Waals surface area contributed by atoms with E-state index in [1.807, 2.05) is 0 Å². The summed E-state index contributed by atoms with van der Waals surface area (Å²) in [6.07, 6.45) is 0. The number of amides is 1. The van der Waals surface area contributed by atoms with Crippen molar-refractivity contribution in [3.05, 3.63) is 27.7 Å². The monoisotopic (exact) mass is 350 g/mol. The summed E-state index contributed by atoms with van der Waals surface area (Å²) in [7, 11) is 0. The van der Waals surface area contributed by atoms with Crippen molar-refractivity contribution >= 4 is 39.1 Å². The van der Waals surface area contributed by atoms with Crippen LogP contribution in [0.25, 0.3) is 0 Å². The van der Waals surface area contributed by atoms with Gasteiger partial charge in [0.1, 0.15) is 0 Å². The van der Waals surface area contributed by atoms with Crippen LogP contribution in [0.2, 0.25) is 5.02 Å². The Morgan fingerprint density at radius 2 is 1.95 bits per heavy atom. The van der Waals surface area contributed by atoms with Crippen molar-refractivity contribution in [2.75, 3.05) is 38.2 Å². The fourth-order valence-corrected chi connectivity index (χ4v) is 2.26. The van der Waals surface area contributed by atoms with Gasteiger partial charge in [0.25, 0.3) is 0 Å². The second-order valence-electron chi connectivity index (χ2n) is 3.90. The summed E-state index contributed by atoms with van der Waals surface area (Å²) in [5, 5.41) is 20.8. The van der Waals surface area contributed by atoms with E-state index in [1.165, 1.54) is 0 Å². The van der Waals surface area contributed by atoms with Crippen LogP contribution >= 0.6 is 27.5 Å². The van der Waals surface area contributed by atoms with Gasteiger partial charge < -0.3 is 15.5 Å². The first-order valence-corrected chi connectivity index (χ1v) is 6.93. The van der Waals surface area contributed by atoms with Gasteiger partial charge >= 0.3 is 0 Å². The summed E-state index contributed by atoms with van der Waals surface area (Å²) in [4.78, 5) is 13.5. The molecule has 1 rings (SSSR count). The largest absolute Gasteiger partial charge is 0.395 e. The molecule has 5 nitrogen and oxygen atoms in total. The van der Waals surface area contributed by atoms with Gasteiger partial charge in [0.2, 0.25) is 5.91 Å². The maximum Gasteiger partial charge on any atom is 0.238 e. The highest BCUT2D eigenvalue weighted by molar-refractivity contribution is 9.10. The van der Waals surface area contributed by atoms with Gasteiger partial charge in [-0.2, -0.15) is 0 Å². The van der Waals surface area contributed by atoms with Crippen molar-refractivity contribution in [3.63, 3.8) is 0 Å². The minimum absolute atomic E-state index is 0.0632. The van der Waals surface area contributed by atoms with E-state index in [2.05, 4.69) is 21.2 Å². The lowest BCUT2D eigenvalue weighted by molar-refractivity contribution is -0.117. The van der Waals surface area contributed by atoms with Crippen LogP contribution in [0.4, 0.5) is 5.69 Å². The number of benzene rings is 1. The van der Waals surface area contributed by atoms with Gasteiger partial charge in [0.15, 0.2) is 0 Å². The Hall–Kier alpha value is -0.660. The molecule has 0 aromatic heterocycles. The quantitative estimate of drug-likeness (QED) is 0.693. The van der Waals surface area contributed by atoms with Gasteiger partial charge in [-0.25, -0.2) is 0 Å². The predicted octanol–water partition coefficient (Wildman–Crippen LogP) is 1.33. The molecular weight excluding hydrogens is 336 g/mol. The third-order valence-electron chi connectivity index (χ3n) is 2.40. The maximum atomic E-state index is 11.8. The summed E-state index contributed by atoms with van der Waals surface area (Å²) in [5.41, 5.74) is 0.530. The van der Waals surface area contributed by atoms with Gasteiger partial charge in [0.05, 0.1) is 30.5 Å². The molecule has 0 bridgehead atoms. The van der Waals surface area contributed by atoms with E-state index in [-0.39, 0.29) is 25.7 Å². The van der Waals surface area contributed by atoms with Crippen molar-refractivity contribution in [1.29, 1.82) is 0 Å². The Labute approximate surface area is 125 Å². The summed E-state index contributed by atoms with van der Waals surface area (Å²) in [5.74, 6) is -0.244. The first-order chi connectivity index (χ1) is 9.06. The zero-order valence-corrected chi connectivity index (χ0v) is 12.6. The summed E-state index contributed by atoms with van der Waals surface area (Å²) in [6, 6.07) is 5.17. The molecule has 1 aromatic carbocycles. The Kier molecular flexibility index (Phi) is 7.33. The highest BCUT2D eigenvalue weighted by Gasteiger charge is 2.11. The van der Waals surface area contributed by atoms with Crippen LogP contribution in [-0.4, -0.2) is 53.9 Å². The summed E-state index contributed by atoms with van der Waals surface area (Å²) < 4.78 is 0.831. The van der Waals surface area contributed by atoms with E-state index in [4.69, 9.17) is 21.8 Å². The van der Waals surface area contributed by atoms with Crippen molar-refractivity contribution in [1.82, 2.24) is 4.90 Å². The zero-order chi connectivity index (χ0) is 14.3. The van der Waals surface area contributed by atoms with Crippen LogP contribution in [-0.2, 0) is 4.79 Å². The van der Waals surface area contributed by atoms with Crippen LogP contribution in [0.3, 0.4) is 0 Å². The molecule has 0 fully saturated rings. The van der Waals surface area contributed by atoms with Crippen molar-refractivity contribution < 1.29 is 15.0 Å². The van der Waals surface area contributed by atoms with E-state index in [0.717, 1.165) is 4.47 Å². The molecule has 106 valence electrons. The van der Waals surface area contributed by atoms with E-state index in [1.54, 1.807) is 23.1 Å². The molecule has 0 aliphatic heterocycles. The molecule has 3 N–H and O–H groups in total. The normalized spacial score (nSPS) is 10.8. The molecule has 0 saturated heterocycles. The fourth-order valence-electron chi connectivity index (χ4n) is 1.54. The molecule has 0 aliphatic rings. The highest BCUT2D eigenvalue weighted by Crippen LogP contribution is 2.25. The van der Waals surface area contributed by atoms with Crippen molar-refractivity contribution in [2.24, 2.45) is 0 Å². The third kappa shape index (κ3) is 5.88. The average molecular weight is 352 g/mol. The average Bonchev–Trinajstić information content (AvgIpc) is 2.33. The SMILES string of the molecule is O=C(CN(CCO)CCO)Nc1ccc(Br)cc1Cl. The van der Waals surface area contributed by atoms with Crippen LogP contribution in [0.5, 0.6) is 0 Å². The van der Waals surface area contributed by atoms with Gasteiger partial charge in [-0.1, -0.05) is 27.5 Å². The van der Waals surface area contributed by atoms with Crippen LogP contribution in [0.1, 0.15) is 0 Å². The molecule has 7 heteroatoms. The number of halogens is 2. The van der Waals surface area contributed by atoms with Crippen LogP contribution in [0, 0.1) is 0 Å². The number of aliphatic hydroxyl groups excluding tert-OH is 2. The number of nitrogens with zero attached hydrogens (tertiary/aromatic N) is 1. The van der Waals surface area contributed by atoms with Gasteiger partial charge in [-0.15, -0.1) is 0 Å². The first kappa shape index (κ1) is 16.4. The number of hydrogen-bond donors (Lipinski definition) is 3. The number of carbonyl (C=O) groups excluding carboxylic acids is 1. The molecule has 0 heterocycles. The molecule has 19 heavy (non-hydrogen) atoms. The molecule has 0 saturated carbocycles. The molecule has 0 atom stereocenters. The van der Waals surface area contributed by atoms with E-state index in [9.17, 15) is 4.79 Å². The van der Waals surface area contributed by atoms with E-state index >= 15 is 0 Å². The summed E-state index contributed by atoms with van der Waals surface area (Å²) >= 11 is 9.28. The number of anilines is 1. The minimum atomic E-state index is -0.244. The van der Waals surface area contributed by atoms with Crippen LogP contribution < -0.4 is 5.32 Å². The molecule has 1 aromatic rings. The first-order valence-electron chi connectivity index (χ1n) is 5.75. The Balaban J connectivity index is 2.58. The number of hydrogen-bond acceptors (Lipinski definition) is 4. The van der Waals surface area contributed by atoms with E-state index < -0.39 is 0 Å². The molecule has 0 radical (unpaired) electrons. The Morgan fingerprint density at radius 1 is 1.32 bits per heavy atom. The summed E-state index contributed by atoms with van der Waals surface area (Å²) in [6.45, 7) is 0.635. The van der Waals surface area contributed by atoms with Crippen molar-refractivity contribution in [2.45, 2.75) is 0 Å². The Bertz CT molecular complexity index is 425. The topological polar surface area (TPSA) is 72.8 Å². The predicted molar refractivity (Wildman–Crippen MR) is 78.4 cm³/mol. The smallest absolute Gasteiger partial charge is 0.238 e. The Morgan fingerprint density at radius 3 is 2.47 bits per heavy atom. The van der Waals surface area contributed by atoms with Gasteiger partial charge in [-0.3, -0.25) is 9.69 Å². The second kappa shape index (κ2) is 8.50. The second-order valence-corrected chi connectivity index (χ2v) is 5.22. The molecule has 1 amide bonds. The third-order valence-corrected chi connectivity index (χ3v) is 3.21. The molecule has 0 aliphatic carbocycles. The van der Waals surface area contributed by atoms with Crippen molar-refractivity contribution in [3.8, 4) is 0 Å². The lowest BCUT2D eigenvalue weighted by atomic mass is 10.3. The van der Waals surface area contributed by atoms with Gasteiger partial charge in [0, 0.05) is 17.6 Å². The molecule has 0 unspecified atom stereocenters. The van der Waals surface area contributed by atoms with Gasteiger partial charge in [-0.05, 0) is 18.2 Å². The molecule has 0 spiro atoms. The maximum absolute atomic E-state index is 11.8. The van der Waals surface area contributed by atoms with Crippen LogP contribution in [0.15, 0.2) is 22.7 Å². The number of aliphatic hydroxyl groups is 2. The number of carbonyl (C=O) groups is 1.